The van der Waals surface area contributed by atoms with Gasteiger partial charge in [-0.3, -0.25) is 9.59 Å². The maximum Gasteiger partial charge on any atom is 0.245 e. The molecule has 1 heterocycles. The van der Waals surface area contributed by atoms with Gasteiger partial charge in [-0.15, -0.1) is 0 Å². The Morgan fingerprint density at radius 1 is 1.42 bits per heavy atom. The Morgan fingerprint density at radius 2 is 2.12 bits per heavy atom. The summed E-state index contributed by atoms with van der Waals surface area (Å²) in [5, 5.41) is 3.37. The van der Waals surface area contributed by atoms with Gasteiger partial charge in [-0.2, -0.15) is 0 Å². The maximum atomic E-state index is 13.2. The van der Waals surface area contributed by atoms with Gasteiger partial charge in [0.05, 0.1) is 0 Å². The molecule has 1 saturated carbocycles. The van der Waals surface area contributed by atoms with Crippen LogP contribution in [0.5, 0.6) is 0 Å². The van der Waals surface area contributed by atoms with Crippen molar-refractivity contribution in [1.82, 2.24) is 10.2 Å². The zero-order valence-electron chi connectivity index (χ0n) is 13.8. The normalized spacial score (nSPS) is 24.6. The first-order valence-electron chi connectivity index (χ1n) is 8.45. The van der Waals surface area contributed by atoms with Crippen LogP contribution in [0.25, 0.3) is 0 Å². The van der Waals surface area contributed by atoms with Crippen LogP contribution in [-0.2, 0) is 16.1 Å². The molecule has 1 saturated heterocycles. The fourth-order valence-electron chi connectivity index (χ4n) is 3.63. The average Bonchev–Trinajstić information content (AvgIpc) is 3.13. The Bertz CT molecular complexity index is 660. The molecule has 1 atom stereocenters. The first-order valence-corrected chi connectivity index (χ1v) is 8.83. The molecule has 6 heteroatoms. The summed E-state index contributed by atoms with van der Waals surface area (Å²) in [5.41, 5.74) is -0.231. The first kappa shape index (κ1) is 17.2. The van der Waals surface area contributed by atoms with Crippen LogP contribution < -0.4 is 5.32 Å². The first-order chi connectivity index (χ1) is 11.4. The molecule has 24 heavy (non-hydrogen) atoms. The smallest absolute Gasteiger partial charge is 0.245 e. The quantitative estimate of drug-likeness (QED) is 0.902. The third-order valence-electron chi connectivity index (χ3n) is 5.25. The molecule has 3 rings (SSSR count). The summed E-state index contributed by atoms with van der Waals surface area (Å²) in [7, 11) is 0. The van der Waals surface area contributed by atoms with Gasteiger partial charge in [0, 0.05) is 24.0 Å². The highest BCUT2D eigenvalue weighted by molar-refractivity contribution is 6.31. The lowest BCUT2D eigenvalue weighted by molar-refractivity contribution is -0.141. The van der Waals surface area contributed by atoms with Crippen LogP contribution in [0.2, 0.25) is 5.02 Å². The van der Waals surface area contributed by atoms with Gasteiger partial charge in [0.15, 0.2) is 0 Å². The van der Waals surface area contributed by atoms with Crippen LogP contribution >= 0.6 is 11.6 Å². The zero-order valence-corrected chi connectivity index (χ0v) is 14.5. The van der Waals surface area contributed by atoms with Gasteiger partial charge in [-0.05, 0) is 43.9 Å². The van der Waals surface area contributed by atoms with Crippen molar-refractivity contribution in [2.24, 2.45) is 0 Å². The lowest BCUT2D eigenvalue weighted by atomic mass is 9.96. The molecule has 1 aliphatic heterocycles. The summed E-state index contributed by atoms with van der Waals surface area (Å²) < 4.78 is 13.2. The topological polar surface area (TPSA) is 49.4 Å². The summed E-state index contributed by atoms with van der Waals surface area (Å²) in [6, 6.07) is 4.32. The zero-order chi connectivity index (χ0) is 17.3. The van der Waals surface area contributed by atoms with Crippen molar-refractivity contribution in [3.05, 3.63) is 34.6 Å². The van der Waals surface area contributed by atoms with E-state index < -0.39 is 11.4 Å². The monoisotopic (exact) mass is 352 g/mol. The van der Waals surface area contributed by atoms with E-state index in [0.29, 0.717) is 18.4 Å². The number of benzene rings is 1. The highest BCUT2D eigenvalue weighted by Crippen LogP contribution is 2.34. The third kappa shape index (κ3) is 3.27. The molecule has 0 unspecified atom stereocenters. The second-order valence-corrected chi connectivity index (χ2v) is 7.35. The van der Waals surface area contributed by atoms with E-state index in [1.165, 1.54) is 12.1 Å². The molecular formula is C18H22ClFN2O2. The second-order valence-electron chi connectivity index (χ2n) is 6.94. The van der Waals surface area contributed by atoms with Crippen molar-refractivity contribution in [1.29, 1.82) is 0 Å². The molecule has 2 aliphatic rings. The minimum atomic E-state index is -0.878. The maximum absolute atomic E-state index is 13.2. The van der Waals surface area contributed by atoms with E-state index in [1.54, 1.807) is 17.9 Å². The molecule has 1 aromatic carbocycles. The van der Waals surface area contributed by atoms with Crippen LogP contribution in [0.4, 0.5) is 4.39 Å². The molecule has 2 amide bonds. The number of nitrogens with zero attached hydrogens (tertiary/aromatic N) is 1. The van der Waals surface area contributed by atoms with E-state index in [9.17, 15) is 14.0 Å². The van der Waals surface area contributed by atoms with Gasteiger partial charge in [0.1, 0.15) is 11.4 Å². The standard InChI is InChI=1S/C18H22ClFN2O2/c1-18(17(24)21-14-4-2-3-5-14)9-8-16(23)22(18)11-12-6-7-13(20)10-15(12)19/h6-7,10,14H,2-5,8-9,11H2,1H3,(H,21,24)/t18-/m0/s1. The highest BCUT2D eigenvalue weighted by atomic mass is 35.5. The number of halogens is 2. The molecule has 0 bridgehead atoms. The van der Waals surface area contributed by atoms with Crippen molar-refractivity contribution in [2.75, 3.05) is 0 Å². The van der Waals surface area contributed by atoms with Crippen molar-refractivity contribution >= 4 is 23.4 Å². The molecule has 1 aromatic rings. The predicted octanol–water partition coefficient (Wildman–Crippen LogP) is 3.42. The van der Waals surface area contributed by atoms with Gasteiger partial charge < -0.3 is 10.2 Å². The van der Waals surface area contributed by atoms with Gasteiger partial charge >= 0.3 is 0 Å². The van der Waals surface area contributed by atoms with Crippen LogP contribution in [0.1, 0.15) is 51.0 Å². The van der Waals surface area contributed by atoms with Crippen LogP contribution in [0.3, 0.4) is 0 Å². The largest absolute Gasteiger partial charge is 0.351 e. The van der Waals surface area contributed by atoms with E-state index in [-0.39, 0.29) is 29.4 Å². The van der Waals surface area contributed by atoms with Crippen LogP contribution in [0.15, 0.2) is 18.2 Å². The lowest BCUT2D eigenvalue weighted by Crippen LogP contribution is -2.55. The molecule has 0 spiro atoms. The fraction of sp³-hybridized carbons (Fsp3) is 0.556. The van der Waals surface area contributed by atoms with E-state index in [0.717, 1.165) is 25.7 Å². The number of amides is 2. The van der Waals surface area contributed by atoms with E-state index in [1.807, 2.05) is 0 Å². The summed E-state index contributed by atoms with van der Waals surface area (Å²) in [4.78, 5) is 26.7. The number of nitrogens with one attached hydrogen (secondary N) is 1. The number of hydrogen-bond donors (Lipinski definition) is 1. The molecular weight excluding hydrogens is 331 g/mol. The van der Waals surface area contributed by atoms with Crippen LogP contribution in [-0.4, -0.2) is 28.3 Å². The summed E-state index contributed by atoms with van der Waals surface area (Å²) in [6.45, 7) is 2.02. The number of hydrogen-bond acceptors (Lipinski definition) is 2. The Labute approximate surface area is 146 Å². The van der Waals surface area contributed by atoms with Crippen molar-refractivity contribution in [3.63, 3.8) is 0 Å². The minimum Gasteiger partial charge on any atom is -0.351 e. The van der Waals surface area contributed by atoms with Crippen molar-refractivity contribution in [2.45, 2.75) is 63.6 Å². The molecule has 1 aliphatic carbocycles. The second kappa shape index (κ2) is 6.71. The Balaban J connectivity index is 1.78. The third-order valence-corrected chi connectivity index (χ3v) is 5.60. The predicted molar refractivity (Wildman–Crippen MR) is 90.0 cm³/mol. The molecule has 0 radical (unpaired) electrons. The fourth-order valence-corrected chi connectivity index (χ4v) is 3.85. The Kier molecular flexibility index (Phi) is 4.81. The Morgan fingerprint density at radius 3 is 2.79 bits per heavy atom. The summed E-state index contributed by atoms with van der Waals surface area (Å²) >= 11 is 6.09. The SMILES string of the molecule is C[C@@]1(C(=O)NC2CCCC2)CCC(=O)N1Cc1ccc(F)cc1Cl. The highest BCUT2D eigenvalue weighted by Gasteiger charge is 2.47. The molecule has 130 valence electrons. The number of carbonyl (C=O) groups is 2. The molecule has 0 aromatic heterocycles. The van der Waals surface area contributed by atoms with E-state index >= 15 is 0 Å². The Hall–Kier alpha value is -1.62. The van der Waals surface area contributed by atoms with Gasteiger partial charge in [-0.25, -0.2) is 4.39 Å². The summed E-state index contributed by atoms with van der Waals surface area (Å²) in [6.07, 6.45) is 5.10. The minimum absolute atomic E-state index is 0.0699. The van der Waals surface area contributed by atoms with Gasteiger partial charge in [0.2, 0.25) is 11.8 Å². The molecule has 4 nitrogen and oxygen atoms in total. The lowest BCUT2D eigenvalue weighted by Gasteiger charge is -2.35. The number of likely N-dealkylation sites (tertiary alicyclic amines) is 1. The molecule has 1 N–H and O–H groups in total. The molecule has 2 fully saturated rings. The van der Waals surface area contributed by atoms with Gasteiger partial charge in [0.25, 0.3) is 0 Å². The van der Waals surface area contributed by atoms with Gasteiger partial charge in [-0.1, -0.05) is 30.5 Å². The van der Waals surface area contributed by atoms with Crippen molar-refractivity contribution < 1.29 is 14.0 Å². The number of carbonyl (C=O) groups excluding carboxylic acids is 2. The van der Waals surface area contributed by atoms with E-state index in [2.05, 4.69) is 5.32 Å². The van der Waals surface area contributed by atoms with Crippen molar-refractivity contribution in [3.8, 4) is 0 Å². The van der Waals surface area contributed by atoms with Crippen LogP contribution in [0, 0.1) is 5.82 Å². The summed E-state index contributed by atoms with van der Waals surface area (Å²) in [5.74, 6) is -0.587. The number of rotatable bonds is 4. The average molecular weight is 353 g/mol. The van der Waals surface area contributed by atoms with E-state index in [4.69, 9.17) is 11.6 Å².